The number of carboxylic acid groups (broad SMARTS) is 1. The molecule has 3 N–H and O–H groups in total. The maximum absolute atomic E-state index is 11.7. The summed E-state index contributed by atoms with van der Waals surface area (Å²) >= 11 is 0. The summed E-state index contributed by atoms with van der Waals surface area (Å²) in [5.74, 6) is -0.432. The van der Waals surface area contributed by atoms with Crippen LogP contribution in [0.4, 0.5) is 4.79 Å². The van der Waals surface area contributed by atoms with Crippen LogP contribution >= 0.6 is 0 Å². The summed E-state index contributed by atoms with van der Waals surface area (Å²) in [6, 6.07) is -0.188. The number of likely N-dealkylation sites (N-methyl/N-ethyl adjacent to an activating group) is 1. The van der Waals surface area contributed by atoms with Crippen molar-refractivity contribution in [1.82, 2.24) is 15.5 Å². The molecule has 2 amide bonds. The number of carbonyl (C=O) groups excluding carboxylic acids is 1. The Hall–Kier alpha value is -1.30. The van der Waals surface area contributed by atoms with Crippen LogP contribution in [-0.4, -0.2) is 55.2 Å². The summed E-state index contributed by atoms with van der Waals surface area (Å²) in [4.78, 5) is 24.5. The van der Waals surface area contributed by atoms with Gasteiger partial charge < -0.3 is 20.6 Å². The highest BCUT2D eigenvalue weighted by molar-refractivity contribution is 5.74. The monoisotopic (exact) mass is 287 g/mol. The minimum atomic E-state index is -0.821. The SMILES string of the molecule is CC(C)C[C@H](CNC(=O)NC(C)CN(C)C)CC(=O)O. The summed E-state index contributed by atoms with van der Waals surface area (Å²) in [5, 5.41) is 14.5. The van der Waals surface area contributed by atoms with Gasteiger partial charge in [-0.1, -0.05) is 13.8 Å². The lowest BCUT2D eigenvalue weighted by Crippen LogP contribution is -2.46. The molecule has 0 spiro atoms. The molecule has 118 valence electrons. The van der Waals surface area contributed by atoms with Crippen LogP contribution in [0.25, 0.3) is 0 Å². The number of hydrogen-bond acceptors (Lipinski definition) is 3. The number of rotatable bonds is 9. The van der Waals surface area contributed by atoms with Gasteiger partial charge in [0.05, 0.1) is 0 Å². The van der Waals surface area contributed by atoms with Crippen molar-refractivity contribution < 1.29 is 14.7 Å². The van der Waals surface area contributed by atoms with Gasteiger partial charge in [-0.15, -0.1) is 0 Å². The molecule has 20 heavy (non-hydrogen) atoms. The lowest BCUT2D eigenvalue weighted by atomic mass is 9.94. The highest BCUT2D eigenvalue weighted by Crippen LogP contribution is 2.14. The van der Waals surface area contributed by atoms with Gasteiger partial charge in [0.15, 0.2) is 0 Å². The van der Waals surface area contributed by atoms with Gasteiger partial charge in [0, 0.05) is 25.6 Å². The van der Waals surface area contributed by atoms with E-state index in [1.54, 1.807) is 0 Å². The van der Waals surface area contributed by atoms with E-state index >= 15 is 0 Å². The van der Waals surface area contributed by atoms with Crippen molar-refractivity contribution in [1.29, 1.82) is 0 Å². The smallest absolute Gasteiger partial charge is 0.315 e. The third-order valence-corrected chi connectivity index (χ3v) is 2.84. The van der Waals surface area contributed by atoms with Crippen LogP contribution < -0.4 is 10.6 Å². The van der Waals surface area contributed by atoms with Gasteiger partial charge in [-0.05, 0) is 39.3 Å². The minimum Gasteiger partial charge on any atom is -0.481 e. The standard InChI is InChI=1S/C14H29N3O3/c1-10(2)6-12(7-13(18)19)8-15-14(20)16-11(3)9-17(4)5/h10-12H,6-9H2,1-5H3,(H,18,19)(H2,15,16,20)/t11?,12-/m0/s1. The molecule has 0 fully saturated rings. The van der Waals surface area contributed by atoms with Crippen molar-refractivity contribution in [2.24, 2.45) is 11.8 Å². The highest BCUT2D eigenvalue weighted by Gasteiger charge is 2.16. The predicted molar refractivity (Wildman–Crippen MR) is 79.7 cm³/mol. The molecule has 0 saturated heterocycles. The van der Waals surface area contributed by atoms with Crippen LogP contribution in [-0.2, 0) is 4.79 Å². The number of carboxylic acids is 1. The molecule has 0 aromatic carbocycles. The van der Waals surface area contributed by atoms with Crippen LogP contribution in [0.5, 0.6) is 0 Å². The summed E-state index contributed by atoms with van der Waals surface area (Å²) in [7, 11) is 3.89. The molecule has 0 bridgehead atoms. The van der Waals surface area contributed by atoms with E-state index in [0.29, 0.717) is 12.5 Å². The topological polar surface area (TPSA) is 81.7 Å². The van der Waals surface area contributed by atoms with E-state index in [9.17, 15) is 9.59 Å². The normalized spacial score (nSPS) is 14.2. The predicted octanol–water partition coefficient (Wildman–Crippen LogP) is 1.37. The fourth-order valence-corrected chi connectivity index (χ4v) is 2.26. The fourth-order valence-electron chi connectivity index (χ4n) is 2.26. The van der Waals surface area contributed by atoms with Crippen molar-refractivity contribution >= 4 is 12.0 Å². The van der Waals surface area contributed by atoms with Crippen molar-refractivity contribution in [3.63, 3.8) is 0 Å². The lowest BCUT2D eigenvalue weighted by molar-refractivity contribution is -0.138. The molecule has 0 aliphatic rings. The number of nitrogens with zero attached hydrogens (tertiary/aromatic N) is 1. The van der Waals surface area contributed by atoms with Crippen LogP contribution in [0.2, 0.25) is 0 Å². The molecule has 0 aromatic heterocycles. The third-order valence-electron chi connectivity index (χ3n) is 2.84. The van der Waals surface area contributed by atoms with Gasteiger partial charge in [0.2, 0.25) is 0 Å². The fraction of sp³-hybridized carbons (Fsp3) is 0.857. The number of aliphatic carboxylic acids is 1. The van der Waals surface area contributed by atoms with Crippen molar-refractivity contribution in [2.45, 2.75) is 39.7 Å². The Balaban J connectivity index is 4.12. The van der Waals surface area contributed by atoms with Crippen LogP contribution in [0.1, 0.15) is 33.6 Å². The average Bonchev–Trinajstić information content (AvgIpc) is 2.22. The Kier molecular flexibility index (Phi) is 8.96. The number of nitrogens with one attached hydrogen (secondary N) is 2. The molecular weight excluding hydrogens is 258 g/mol. The van der Waals surface area contributed by atoms with Gasteiger partial charge in [-0.3, -0.25) is 4.79 Å². The molecule has 0 radical (unpaired) electrons. The molecule has 0 aliphatic heterocycles. The Bertz CT molecular complexity index is 306. The second-order valence-corrected chi connectivity index (χ2v) is 6.11. The summed E-state index contributed by atoms with van der Waals surface area (Å²) in [5.41, 5.74) is 0. The number of carbonyl (C=O) groups is 2. The zero-order valence-corrected chi connectivity index (χ0v) is 13.3. The van der Waals surface area contributed by atoms with Gasteiger partial charge in [0.25, 0.3) is 0 Å². The van der Waals surface area contributed by atoms with E-state index in [1.165, 1.54) is 0 Å². The largest absolute Gasteiger partial charge is 0.481 e. The van der Waals surface area contributed by atoms with Gasteiger partial charge >= 0.3 is 12.0 Å². The second kappa shape index (κ2) is 9.58. The molecule has 0 aromatic rings. The van der Waals surface area contributed by atoms with Crippen LogP contribution in [0, 0.1) is 11.8 Å². The van der Waals surface area contributed by atoms with E-state index < -0.39 is 5.97 Å². The minimum absolute atomic E-state index is 0.0256. The second-order valence-electron chi connectivity index (χ2n) is 6.11. The molecule has 0 heterocycles. The molecule has 2 atom stereocenters. The zero-order valence-electron chi connectivity index (χ0n) is 13.3. The van der Waals surface area contributed by atoms with Gasteiger partial charge in [-0.2, -0.15) is 0 Å². The van der Waals surface area contributed by atoms with E-state index in [4.69, 9.17) is 5.11 Å². The van der Waals surface area contributed by atoms with E-state index in [1.807, 2.05) is 39.8 Å². The summed E-state index contributed by atoms with van der Waals surface area (Å²) in [6.07, 6.45) is 0.880. The lowest BCUT2D eigenvalue weighted by Gasteiger charge is -2.21. The Labute approximate surface area is 121 Å². The summed E-state index contributed by atoms with van der Waals surface area (Å²) < 4.78 is 0. The molecular formula is C14H29N3O3. The van der Waals surface area contributed by atoms with E-state index in [-0.39, 0.29) is 24.4 Å². The first-order valence-corrected chi connectivity index (χ1v) is 7.11. The average molecular weight is 287 g/mol. The molecule has 6 heteroatoms. The quantitative estimate of drug-likeness (QED) is 0.598. The maximum atomic E-state index is 11.7. The Morgan fingerprint density at radius 3 is 2.25 bits per heavy atom. The Morgan fingerprint density at radius 1 is 1.20 bits per heavy atom. The third kappa shape index (κ3) is 10.6. The highest BCUT2D eigenvalue weighted by atomic mass is 16.4. The van der Waals surface area contributed by atoms with E-state index in [2.05, 4.69) is 10.6 Å². The molecule has 6 nitrogen and oxygen atoms in total. The number of amides is 2. The molecule has 0 saturated carbocycles. The first-order chi connectivity index (χ1) is 9.20. The number of hydrogen-bond donors (Lipinski definition) is 3. The zero-order chi connectivity index (χ0) is 15.7. The van der Waals surface area contributed by atoms with Crippen LogP contribution in [0.15, 0.2) is 0 Å². The first-order valence-electron chi connectivity index (χ1n) is 7.11. The van der Waals surface area contributed by atoms with Crippen molar-refractivity contribution in [3.8, 4) is 0 Å². The Morgan fingerprint density at radius 2 is 1.80 bits per heavy atom. The molecule has 0 aliphatic carbocycles. The maximum Gasteiger partial charge on any atom is 0.315 e. The van der Waals surface area contributed by atoms with Crippen molar-refractivity contribution in [3.05, 3.63) is 0 Å². The van der Waals surface area contributed by atoms with Crippen LogP contribution in [0.3, 0.4) is 0 Å². The number of urea groups is 1. The molecule has 1 unspecified atom stereocenters. The first kappa shape index (κ1) is 18.7. The van der Waals surface area contributed by atoms with Crippen molar-refractivity contribution in [2.75, 3.05) is 27.2 Å². The summed E-state index contributed by atoms with van der Waals surface area (Å²) in [6.45, 7) is 7.19. The van der Waals surface area contributed by atoms with E-state index in [0.717, 1.165) is 13.0 Å². The van der Waals surface area contributed by atoms with Gasteiger partial charge in [-0.25, -0.2) is 4.79 Å². The molecule has 0 rings (SSSR count). The van der Waals surface area contributed by atoms with Gasteiger partial charge in [0.1, 0.15) is 0 Å².